The van der Waals surface area contributed by atoms with Gasteiger partial charge in [-0.25, -0.2) is 0 Å². The molecule has 2 heteroatoms. The third-order valence-corrected chi connectivity index (χ3v) is 7.32. The highest BCUT2D eigenvalue weighted by molar-refractivity contribution is 5.91. The van der Waals surface area contributed by atoms with E-state index in [9.17, 15) is 9.90 Å². The largest absolute Gasteiger partial charge is 0.392 e. The van der Waals surface area contributed by atoms with Gasteiger partial charge in [0.15, 0.2) is 5.78 Å². The summed E-state index contributed by atoms with van der Waals surface area (Å²) in [4.78, 5) is 11.7. The van der Waals surface area contributed by atoms with Crippen LogP contribution in [-0.2, 0) is 4.79 Å². The number of carbonyl (C=O) groups is 1. The van der Waals surface area contributed by atoms with Gasteiger partial charge >= 0.3 is 0 Å². The molecule has 4 rings (SSSR count). The van der Waals surface area contributed by atoms with Crippen molar-refractivity contribution in [1.82, 2.24) is 0 Å². The Hall–Kier alpha value is -0.890. The van der Waals surface area contributed by atoms with E-state index in [-0.39, 0.29) is 16.9 Å². The molecule has 0 amide bonds. The van der Waals surface area contributed by atoms with Gasteiger partial charge in [-0.1, -0.05) is 31.6 Å². The fourth-order valence-corrected chi connectivity index (χ4v) is 6.01. The lowest BCUT2D eigenvalue weighted by molar-refractivity contribution is -0.116. The van der Waals surface area contributed by atoms with Crippen LogP contribution in [-0.4, -0.2) is 17.0 Å². The molecule has 0 heterocycles. The van der Waals surface area contributed by atoms with Crippen molar-refractivity contribution in [2.75, 3.05) is 0 Å². The second kappa shape index (κ2) is 4.32. The summed E-state index contributed by atoms with van der Waals surface area (Å²) >= 11 is 0. The predicted molar refractivity (Wildman–Crippen MR) is 82.6 cm³/mol. The molecule has 0 aromatic rings. The van der Waals surface area contributed by atoms with E-state index in [1.165, 1.54) is 12.0 Å². The second-order valence-corrected chi connectivity index (χ2v) is 8.19. The second-order valence-electron chi connectivity index (χ2n) is 8.19. The fraction of sp³-hybridized carbons (Fsp3) is 0.737. The summed E-state index contributed by atoms with van der Waals surface area (Å²) in [5, 5.41) is 10.4. The van der Waals surface area contributed by atoms with Gasteiger partial charge in [-0.2, -0.15) is 0 Å². The summed E-state index contributed by atoms with van der Waals surface area (Å²) in [6, 6.07) is 0. The summed E-state index contributed by atoms with van der Waals surface area (Å²) in [5.41, 5.74) is 1.58. The quantitative estimate of drug-likeness (QED) is 0.690. The minimum absolute atomic E-state index is 0.0180. The maximum absolute atomic E-state index is 11.7. The molecule has 6 atom stereocenters. The third kappa shape index (κ3) is 1.72. The topological polar surface area (TPSA) is 37.3 Å². The molecule has 21 heavy (non-hydrogen) atoms. The molecule has 0 spiro atoms. The number of hydrogen-bond acceptors (Lipinski definition) is 2. The monoisotopic (exact) mass is 286 g/mol. The molecule has 0 aromatic heterocycles. The molecule has 0 radical (unpaired) electrons. The van der Waals surface area contributed by atoms with Crippen LogP contribution < -0.4 is 0 Å². The predicted octanol–water partition coefficient (Wildman–Crippen LogP) is 3.66. The minimum atomic E-state index is -0.173. The van der Waals surface area contributed by atoms with Crippen LogP contribution in [0, 0.1) is 28.6 Å². The van der Waals surface area contributed by atoms with Gasteiger partial charge in [-0.3, -0.25) is 4.79 Å². The molecule has 1 N–H and O–H groups in total. The van der Waals surface area contributed by atoms with Crippen molar-refractivity contribution in [3.63, 3.8) is 0 Å². The van der Waals surface area contributed by atoms with Crippen molar-refractivity contribution in [3.05, 3.63) is 23.8 Å². The molecule has 0 bridgehead atoms. The molecular formula is C19H26O2. The van der Waals surface area contributed by atoms with E-state index in [2.05, 4.69) is 26.0 Å². The number of aliphatic hydroxyl groups excluding tert-OH is 1. The first-order valence-electron chi connectivity index (χ1n) is 8.57. The van der Waals surface area contributed by atoms with Gasteiger partial charge in [0, 0.05) is 11.8 Å². The van der Waals surface area contributed by atoms with E-state index in [4.69, 9.17) is 0 Å². The van der Waals surface area contributed by atoms with Gasteiger partial charge in [0.1, 0.15) is 0 Å². The number of rotatable bonds is 0. The van der Waals surface area contributed by atoms with Crippen molar-refractivity contribution in [3.8, 4) is 0 Å². The van der Waals surface area contributed by atoms with E-state index >= 15 is 0 Å². The van der Waals surface area contributed by atoms with E-state index < -0.39 is 0 Å². The average Bonchev–Trinajstić information content (AvgIpc) is 2.75. The van der Waals surface area contributed by atoms with Crippen molar-refractivity contribution in [1.29, 1.82) is 0 Å². The Labute approximate surface area is 127 Å². The lowest BCUT2D eigenvalue weighted by Gasteiger charge is -2.56. The average molecular weight is 286 g/mol. The Balaban J connectivity index is 1.77. The van der Waals surface area contributed by atoms with Crippen molar-refractivity contribution in [2.45, 2.75) is 58.5 Å². The zero-order valence-electron chi connectivity index (χ0n) is 13.1. The van der Waals surface area contributed by atoms with E-state index in [1.54, 1.807) is 0 Å². The molecule has 2 unspecified atom stereocenters. The molecular weight excluding hydrogens is 260 g/mol. The Kier molecular flexibility index (Phi) is 2.83. The van der Waals surface area contributed by atoms with Crippen molar-refractivity contribution >= 4 is 5.78 Å². The van der Waals surface area contributed by atoms with Crippen LogP contribution in [0.4, 0.5) is 0 Å². The van der Waals surface area contributed by atoms with Crippen LogP contribution in [0.1, 0.15) is 52.4 Å². The molecule has 114 valence electrons. The van der Waals surface area contributed by atoms with Gasteiger partial charge in [0.05, 0.1) is 6.10 Å². The highest BCUT2D eigenvalue weighted by Crippen LogP contribution is 2.63. The molecule has 4 aliphatic carbocycles. The Bertz CT molecular complexity index is 546. The molecule has 0 aliphatic heterocycles. The highest BCUT2D eigenvalue weighted by atomic mass is 16.3. The first kappa shape index (κ1) is 13.8. The van der Waals surface area contributed by atoms with E-state index in [0.717, 1.165) is 32.1 Å². The number of hydrogen-bond donors (Lipinski definition) is 1. The summed E-state index contributed by atoms with van der Waals surface area (Å²) in [5.74, 6) is 2.15. The number of allylic oxidation sites excluding steroid dienone is 3. The maximum atomic E-state index is 11.7. The molecule has 0 aromatic carbocycles. The van der Waals surface area contributed by atoms with E-state index in [0.29, 0.717) is 23.5 Å². The van der Waals surface area contributed by atoms with Crippen LogP contribution in [0.15, 0.2) is 23.8 Å². The Morgan fingerprint density at radius 2 is 1.71 bits per heavy atom. The standard InChI is InChI=1S/C19H26O2/c1-18-9-10-19(2)16(7-8-17(19)21)15(18)5-3-12-11-13(20)4-6-14(12)18/h9-11,14-17,21H,3-8H2,1-2H3/t14?,15-,16-,17-,18?,19-/m0/s1. The van der Waals surface area contributed by atoms with Gasteiger partial charge in [0.2, 0.25) is 0 Å². The Morgan fingerprint density at radius 3 is 2.52 bits per heavy atom. The summed E-state index contributed by atoms with van der Waals surface area (Å²) in [6.45, 7) is 4.66. The summed E-state index contributed by atoms with van der Waals surface area (Å²) in [7, 11) is 0. The molecule has 2 fully saturated rings. The molecule has 4 aliphatic rings. The fourth-order valence-electron chi connectivity index (χ4n) is 6.01. The zero-order chi connectivity index (χ0) is 14.8. The number of aliphatic hydroxyl groups is 1. The first-order valence-corrected chi connectivity index (χ1v) is 8.57. The number of fused-ring (bicyclic) bond motifs is 5. The smallest absolute Gasteiger partial charge is 0.155 e. The lowest BCUT2D eigenvalue weighted by atomic mass is 9.48. The number of ketones is 1. The van der Waals surface area contributed by atoms with Crippen molar-refractivity contribution in [2.24, 2.45) is 28.6 Å². The van der Waals surface area contributed by atoms with Crippen LogP contribution in [0.3, 0.4) is 0 Å². The van der Waals surface area contributed by atoms with Gasteiger partial charge in [-0.15, -0.1) is 0 Å². The summed E-state index contributed by atoms with van der Waals surface area (Å²) in [6.07, 6.45) is 12.6. The Morgan fingerprint density at radius 1 is 1.00 bits per heavy atom. The third-order valence-electron chi connectivity index (χ3n) is 7.32. The van der Waals surface area contributed by atoms with Gasteiger partial charge in [0.25, 0.3) is 0 Å². The van der Waals surface area contributed by atoms with E-state index in [1.807, 2.05) is 6.08 Å². The number of carbonyl (C=O) groups excluding carboxylic acids is 1. The first-order chi connectivity index (χ1) is 9.95. The SMILES string of the molecule is CC12C=C[C@]3(C)[C@@H](O)CC[C@H]3[C@@H]1CCC1=CC(=O)CCC12. The zero-order valence-corrected chi connectivity index (χ0v) is 13.1. The molecule has 0 saturated heterocycles. The molecule has 2 saturated carbocycles. The normalized spacial score (nSPS) is 52.0. The van der Waals surface area contributed by atoms with Gasteiger partial charge < -0.3 is 5.11 Å². The molecule has 2 nitrogen and oxygen atoms in total. The maximum Gasteiger partial charge on any atom is 0.155 e. The lowest BCUT2D eigenvalue weighted by Crippen LogP contribution is -2.50. The van der Waals surface area contributed by atoms with Crippen LogP contribution in [0.25, 0.3) is 0 Å². The van der Waals surface area contributed by atoms with Crippen LogP contribution in [0.2, 0.25) is 0 Å². The van der Waals surface area contributed by atoms with Gasteiger partial charge in [-0.05, 0) is 61.3 Å². The van der Waals surface area contributed by atoms with Crippen LogP contribution >= 0.6 is 0 Å². The summed E-state index contributed by atoms with van der Waals surface area (Å²) < 4.78 is 0. The van der Waals surface area contributed by atoms with Crippen molar-refractivity contribution < 1.29 is 9.90 Å². The minimum Gasteiger partial charge on any atom is -0.392 e. The van der Waals surface area contributed by atoms with Crippen LogP contribution in [0.5, 0.6) is 0 Å². The highest BCUT2D eigenvalue weighted by Gasteiger charge is 2.58.